The molecule has 29 heavy (non-hydrogen) atoms. The van der Waals surface area contributed by atoms with Crippen LogP contribution in [0.3, 0.4) is 0 Å². The second-order valence-electron chi connectivity index (χ2n) is 6.37. The van der Waals surface area contributed by atoms with Gasteiger partial charge >= 0.3 is 0 Å². The van der Waals surface area contributed by atoms with E-state index in [4.69, 9.17) is 4.42 Å². The molecule has 0 bridgehead atoms. The summed E-state index contributed by atoms with van der Waals surface area (Å²) in [5.41, 5.74) is 2.37. The number of para-hydroxylation sites is 1. The molecular weight excluding hydrogens is 386 g/mol. The number of carbonyl (C=O) groups excluding carboxylic acids is 2. The van der Waals surface area contributed by atoms with Crippen molar-refractivity contribution < 1.29 is 14.0 Å². The predicted octanol–water partition coefficient (Wildman–Crippen LogP) is 3.95. The molecule has 0 saturated carbocycles. The first kappa shape index (κ1) is 18.8. The van der Waals surface area contributed by atoms with Gasteiger partial charge in [-0.1, -0.05) is 24.3 Å². The molecular formula is C22H19N3O3S. The number of nitrogens with one attached hydrogen (secondary N) is 3. The predicted molar refractivity (Wildman–Crippen MR) is 113 cm³/mol. The lowest BCUT2D eigenvalue weighted by atomic mass is 10.1. The number of aromatic amines is 1. The minimum Gasteiger partial charge on any atom is -0.459 e. The Kier molecular flexibility index (Phi) is 5.58. The third-order valence-electron chi connectivity index (χ3n) is 4.42. The Hall–Kier alpha value is -3.58. The van der Waals surface area contributed by atoms with E-state index in [2.05, 4.69) is 21.7 Å². The molecule has 0 fully saturated rings. The Morgan fingerprint density at radius 2 is 2.00 bits per heavy atom. The first-order chi connectivity index (χ1) is 14.2. The van der Waals surface area contributed by atoms with Crippen LogP contribution in [0.5, 0.6) is 0 Å². The van der Waals surface area contributed by atoms with Crippen LogP contribution in [0.1, 0.15) is 21.0 Å². The molecule has 0 aliphatic heterocycles. The molecule has 1 aromatic carbocycles. The summed E-state index contributed by atoms with van der Waals surface area (Å²) < 4.78 is 5.11. The largest absolute Gasteiger partial charge is 0.459 e. The Labute approximate surface area is 171 Å². The summed E-state index contributed by atoms with van der Waals surface area (Å²) in [4.78, 5) is 29.2. The standard InChI is InChI=1S/C22H19N3O3S/c26-21(23-10-9-15-14-24-18-7-2-1-6-17(15)18)19(13-16-5-4-12-29-16)25-22(27)20-8-3-11-28-20/h1-8,11-14,24H,9-10H2,(H,23,26)(H,25,27). The van der Waals surface area contributed by atoms with Crippen LogP contribution in [0.25, 0.3) is 17.0 Å². The fraction of sp³-hybridized carbons (Fsp3) is 0.0909. The Morgan fingerprint density at radius 3 is 2.79 bits per heavy atom. The number of rotatable bonds is 7. The first-order valence-corrected chi connectivity index (χ1v) is 10.0. The number of hydrogen-bond donors (Lipinski definition) is 3. The molecule has 0 aliphatic rings. The average Bonchev–Trinajstić information content (AvgIpc) is 3.49. The van der Waals surface area contributed by atoms with Crippen molar-refractivity contribution >= 4 is 40.1 Å². The molecule has 0 atom stereocenters. The van der Waals surface area contributed by atoms with E-state index in [0.29, 0.717) is 13.0 Å². The number of benzene rings is 1. The van der Waals surface area contributed by atoms with Crippen molar-refractivity contribution in [1.29, 1.82) is 0 Å². The van der Waals surface area contributed by atoms with Gasteiger partial charge in [0, 0.05) is 28.5 Å². The van der Waals surface area contributed by atoms with Crippen LogP contribution in [0, 0.1) is 0 Å². The number of carbonyl (C=O) groups is 2. The fourth-order valence-electron chi connectivity index (χ4n) is 3.01. The van der Waals surface area contributed by atoms with Gasteiger partial charge in [0.05, 0.1) is 6.26 Å². The van der Waals surface area contributed by atoms with Gasteiger partial charge in [0.1, 0.15) is 5.70 Å². The number of amides is 2. The van der Waals surface area contributed by atoms with E-state index >= 15 is 0 Å². The number of aromatic nitrogens is 1. The van der Waals surface area contributed by atoms with Gasteiger partial charge in [-0.25, -0.2) is 0 Å². The molecule has 3 heterocycles. The Balaban J connectivity index is 1.44. The van der Waals surface area contributed by atoms with Crippen LogP contribution in [0.15, 0.2) is 76.5 Å². The average molecular weight is 405 g/mol. The van der Waals surface area contributed by atoms with E-state index < -0.39 is 5.91 Å². The number of H-pyrrole nitrogens is 1. The van der Waals surface area contributed by atoms with Gasteiger partial charge in [-0.15, -0.1) is 11.3 Å². The van der Waals surface area contributed by atoms with Crippen molar-refractivity contribution in [2.24, 2.45) is 0 Å². The fourth-order valence-corrected chi connectivity index (χ4v) is 3.67. The lowest BCUT2D eigenvalue weighted by molar-refractivity contribution is -0.117. The van der Waals surface area contributed by atoms with E-state index in [-0.39, 0.29) is 17.4 Å². The molecule has 146 valence electrons. The van der Waals surface area contributed by atoms with Gasteiger partial charge < -0.3 is 20.0 Å². The lowest BCUT2D eigenvalue weighted by Gasteiger charge is -2.10. The molecule has 7 heteroatoms. The van der Waals surface area contributed by atoms with E-state index in [0.717, 1.165) is 21.3 Å². The molecule has 0 unspecified atom stereocenters. The smallest absolute Gasteiger partial charge is 0.291 e. The highest BCUT2D eigenvalue weighted by Crippen LogP contribution is 2.18. The molecule has 2 amide bonds. The van der Waals surface area contributed by atoms with E-state index in [1.807, 2.05) is 41.9 Å². The van der Waals surface area contributed by atoms with Gasteiger partial charge in [-0.2, -0.15) is 0 Å². The summed E-state index contributed by atoms with van der Waals surface area (Å²) in [5.74, 6) is -0.670. The molecule has 6 nitrogen and oxygen atoms in total. The van der Waals surface area contributed by atoms with Crippen LogP contribution >= 0.6 is 11.3 Å². The van der Waals surface area contributed by atoms with E-state index in [1.54, 1.807) is 18.2 Å². The van der Waals surface area contributed by atoms with Crippen molar-refractivity contribution in [3.05, 3.63) is 88.3 Å². The summed E-state index contributed by atoms with van der Waals surface area (Å²) in [5, 5.41) is 8.59. The van der Waals surface area contributed by atoms with Crippen LogP contribution in [0.4, 0.5) is 0 Å². The first-order valence-electron chi connectivity index (χ1n) is 9.14. The second kappa shape index (κ2) is 8.62. The Morgan fingerprint density at radius 1 is 1.10 bits per heavy atom. The number of furan rings is 1. The van der Waals surface area contributed by atoms with Gasteiger partial charge in [0.15, 0.2) is 5.76 Å². The zero-order valence-electron chi connectivity index (χ0n) is 15.5. The normalized spacial score (nSPS) is 11.5. The minimum atomic E-state index is -0.468. The number of fused-ring (bicyclic) bond motifs is 1. The minimum absolute atomic E-state index is 0.147. The molecule has 3 aromatic heterocycles. The van der Waals surface area contributed by atoms with Crippen LogP contribution in [0.2, 0.25) is 0 Å². The molecule has 4 aromatic rings. The van der Waals surface area contributed by atoms with Crippen molar-refractivity contribution in [1.82, 2.24) is 15.6 Å². The molecule has 3 N–H and O–H groups in total. The zero-order chi connectivity index (χ0) is 20.1. The molecule has 0 spiro atoms. The summed E-state index contributed by atoms with van der Waals surface area (Å²) in [7, 11) is 0. The highest BCUT2D eigenvalue weighted by atomic mass is 32.1. The van der Waals surface area contributed by atoms with Gasteiger partial charge in [-0.3, -0.25) is 9.59 Å². The SMILES string of the molecule is O=C(NCCc1c[nH]c2ccccc12)C(=Cc1cccs1)NC(=O)c1ccco1. The van der Waals surface area contributed by atoms with Crippen LogP contribution in [-0.4, -0.2) is 23.3 Å². The van der Waals surface area contributed by atoms with Crippen molar-refractivity contribution in [2.75, 3.05) is 6.54 Å². The molecule has 4 rings (SSSR count). The van der Waals surface area contributed by atoms with E-state index in [1.165, 1.54) is 17.6 Å². The molecule has 0 radical (unpaired) electrons. The van der Waals surface area contributed by atoms with Crippen molar-refractivity contribution in [3.8, 4) is 0 Å². The Bertz CT molecular complexity index is 1140. The van der Waals surface area contributed by atoms with Crippen molar-refractivity contribution in [2.45, 2.75) is 6.42 Å². The van der Waals surface area contributed by atoms with Crippen molar-refractivity contribution in [3.63, 3.8) is 0 Å². The summed E-state index contributed by atoms with van der Waals surface area (Å²) in [6.45, 7) is 0.444. The third-order valence-corrected chi connectivity index (χ3v) is 5.24. The number of thiophene rings is 1. The number of hydrogen-bond acceptors (Lipinski definition) is 4. The monoisotopic (exact) mass is 405 g/mol. The molecule has 0 aliphatic carbocycles. The maximum atomic E-state index is 12.7. The highest BCUT2D eigenvalue weighted by Gasteiger charge is 2.16. The highest BCUT2D eigenvalue weighted by molar-refractivity contribution is 7.10. The lowest BCUT2D eigenvalue weighted by Crippen LogP contribution is -2.35. The topological polar surface area (TPSA) is 87.1 Å². The van der Waals surface area contributed by atoms with Crippen LogP contribution in [-0.2, 0) is 11.2 Å². The second-order valence-corrected chi connectivity index (χ2v) is 7.35. The van der Waals surface area contributed by atoms with Crippen LogP contribution < -0.4 is 10.6 Å². The maximum absolute atomic E-state index is 12.7. The summed E-state index contributed by atoms with van der Waals surface area (Å²) >= 11 is 1.48. The molecule has 0 saturated heterocycles. The summed E-state index contributed by atoms with van der Waals surface area (Å²) in [6.07, 6.45) is 5.71. The van der Waals surface area contributed by atoms with Gasteiger partial charge in [-0.05, 0) is 47.7 Å². The third kappa shape index (κ3) is 4.47. The van der Waals surface area contributed by atoms with Gasteiger partial charge in [0.25, 0.3) is 11.8 Å². The quantitative estimate of drug-likeness (QED) is 0.407. The summed E-state index contributed by atoms with van der Waals surface area (Å²) in [6, 6.07) is 15.0. The maximum Gasteiger partial charge on any atom is 0.291 e. The van der Waals surface area contributed by atoms with E-state index in [9.17, 15) is 9.59 Å². The zero-order valence-corrected chi connectivity index (χ0v) is 16.3. The van der Waals surface area contributed by atoms with Gasteiger partial charge in [0.2, 0.25) is 0 Å².